The monoisotopic (exact) mass is 259 g/mol. The first-order chi connectivity index (χ1) is 8.37. The predicted molar refractivity (Wildman–Crippen MR) is 65.8 cm³/mol. The number of ether oxygens (including phenoxy) is 1. The molecule has 102 valence electrons. The molecule has 0 radical (unpaired) electrons. The lowest BCUT2D eigenvalue weighted by Gasteiger charge is -2.32. The lowest BCUT2D eigenvalue weighted by molar-refractivity contribution is -0.0499. The van der Waals surface area contributed by atoms with Gasteiger partial charge in [-0.2, -0.15) is 8.78 Å². The van der Waals surface area contributed by atoms with E-state index in [4.69, 9.17) is 0 Å². The highest BCUT2D eigenvalue weighted by molar-refractivity contribution is 5.33. The van der Waals surface area contributed by atoms with E-state index in [1.807, 2.05) is 20.8 Å². The van der Waals surface area contributed by atoms with E-state index < -0.39 is 12.2 Å². The first-order valence-electron chi connectivity index (χ1n) is 5.81. The first kappa shape index (κ1) is 14.9. The predicted octanol–water partition coefficient (Wildman–Crippen LogP) is 2.49. The average molecular weight is 259 g/mol. The Morgan fingerprint density at radius 1 is 1.39 bits per heavy atom. The van der Waals surface area contributed by atoms with Crippen molar-refractivity contribution in [2.75, 3.05) is 6.61 Å². The quantitative estimate of drug-likeness (QED) is 0.824. The van der Waals surface area contributed by atoms with Crippen molar-refractivity contribution in [1.29, 1.82) is 0 Å². The van der Waals surface area contributed by atoms with Crippen molar-refractivity contribution in [3.63, 3.8) is 0 Å². The van der Waals surface area contributed by atoms with Gasteiger partial charge in [0.25, 0.3) is 0 Å². The van der Waals surface area contributed by atoms with Crippen molar-refractivity contribution in [2.24, 2.45) is 0 Å². The maximum atomic E-state index is 12.2. The summed E-state index contributed by atoms with van der Waals surface area (Å²) in [6.45, 7) is 2.73. The Morgan fingerprint density at radius 2 is 2.06 bits per heavy atom. The van der Waals surface area contributed by atoms with Crippen molar-refractivity contribution in [2.45, 2.75) is 39.0 Å². The molecule has 0 saturated heterocycles. The molecule has 0 aliphatic carbocycles. The van der Waals surface area contributed by atoms with Gasteiger partial charge >= 0.3 is 6.61 Å². The molecule has 0 fully saturated rings. The van der Waals surface area contributed by atoms with E-state index in [0.717, 1.165) is 0 Å². The molecular formula is C13H19F2NO2. The molecule has 0 spiro atoms. The Bertz CT molecular complexity index is 385. The summed E-state index contributed by atoms with van der Waals surface area (Å²) in [6.07, 6.45) is 0. The highest BCUT2D eigenvalue weighted by Gasteiger charge is 2.26. The van der Waals surface area contributed by atoms with E-state index in [-0.39, 0.29) is 18.4 Å². The van der Waals surface area contributed by atoms with Gasteiger partial charge in [-0.05, 0) is 38.5 Å². The minimum atomic E-state index is -2.85. The fourth-order valence-corrected chi connectivity index (χ4v) is 1.87. The van der Waals surface area contributed by atoms with Crippen LogP contribution in [0, 0.1) is 0 Å². The van der Waals surface area contributed by atoms with Gasteiger partial charge in [0, 0.05) is 6.04 Å². The standard InChI is InChI=1S/C13H19F2NO2/c1-9(2)16-13(3,8-17)10-5-4-6-11(7-10)18-12(14)15/h4-7,9,12,16-17H,8H2,1-3H3. The second kappa shape index (κ2) is 6.11. The Balaban J connectivity index is 2.99. The molecule has 0 aromatic heterocycles. The van der Waals surface area contributed by atoms with E-state index in [1.54, 1.807) is 12.1 Å². The maximum Gasteiger partial charge on any atom is 0.387 e. The largest absolute Gasteiger partial charge is 0.435 e. The summed E-state index contributed by atoms with van der Waals surface area (Å²) >= 11 is 0. The van der Waals surface area contributed by atoms with Crippen LogP contribution in [-0.2, 0) is 5.54 Å². The number of halogens is 2. The highest BCUT2D eigenvalue weighted by atomic mass is 19.3. The molecule has 0 saturated carbocycles. The molecule has 0 bridgehead atoms. The average Bonchev–Trinajstić information content (AvgIpc) is 2.27. The van der Waals surface area contributed by atoms with Crippen molar-refractivity contribution >= 4 is 0 Å². The minimum absolute atomic E-state index is 0.0905. The van der Waals surface area contributed by atoms with Gasteiger partial charge in [0.15, 0.2) is 0 Å². The summed E-state index contributed by atoms with van der Waals surface area (Å²) in [4.78, 5) is 0. The van der Waals surface area contributed by atoms with Crippen molar-refractivity contribution in [1.82, 2.24) is 5.32 Å². The number of nitrogens with one attached hydrogen (secondary N) is 1. The Hall–Kier alpha value is -1.20. The molecule has 2 N–H and O–H groups in total. The normalized spacial score (nSPS) is 14.9. The summed E-state index contributed by atoms with van der Waals surface area (Å²) < 4.78 is 28.7. The van der Waals surface area contributed by atoms with Gasteiger partial charge in [0.1, 0.15) is 5.75 Å². The summed E-state index contributed by atoms with van der Waals surface area (Å²) in [6, 6.07) is 6.52. The molecule has 1 rings (SSSR count). The fourth-order valence-electron chi connectivity index (χ4n) is 1.87. The molecule has 1 aromatic rings. The Labute approximate surface area is 106 Å². The highest BCUT2D eigenvalue weighted by Crippen LogP contribution is 2.25. The molecule has 0 heterocycles. The van der Waals surface area contributed by atoms with Crippen LogP contribution in [0.15, 0.2) is 24.3 Å². The van der Waals surface area contributed by atoms with Crippen LogP contribution in [0.5, 0.6) is 5.75 Å². The lowest BCUT2D eigenvalue weighted by atomic mass is 9.92. The van der Waals surface area contributed by atoms with Crippen LogP contribution in [0.4, 0.5) is 8.78 Å². The molecule has 0 aliphatic rings. The first-order valence-corrected chi connectivity index (χ1v) is 5.81. The zero-order valence-electron chi connectivity index (χ0n) is 10.8. The van der Waals surface area contributed by atoms with E-state index in [1.165, 1.54) is 12.1 Å². The van der Waals surface area contributed by atoms with Gasteiger partial charge in [0.05, 0.1) is 12.1 Å². The third-order valence-corrected chi connectivity index (χ3v) is 2.62. The van der Waals surface area contributed by atoms with E-state index >= 15 is 0 Å². The summed E-state index contributed by atoms with van der Waals surface area (Å²) in [5.41, 5.74) is 0.0206. The van der Waals surface area contributed by atoms with Gasteiger partial charge in [-0.1, -0.05) is 12.1 Å². The summed E-state index contributed by atoms with van der Waals surface area (Å²) in [5, 5.41) is 12.7. The zero-order chi connectivity index (χ0) is 13.8. The van der Waals surface area contributed by atoms with Gasteiger partial charge in [0.2, 0.25) is 0 Å². The van der Waals surface area contributed by atoms with Gasteiger partial charge in [-0.3, -0.25) is 0 Å². The maximum absolute atomic E-state index is 12.2. The third-order valence-electron chi connectivity index (χ3n) is 2.62. The van der Waals surface area contributed by atoms with E-state index in [9.17, 15) is 13.9 Å². The number of aliphatic hydroxyl groups is 1. The number of hydrogen-bond donors (Lipinski definition) is 2. The molecule has 18 heavy (non-hydrogen) atoms. The smallest absolute Gasteiger partial charge is 0.387 e. The molecule has 0 aliphatic heterocycles. The molecule has 5 heteroatoms. The summed E-state index contributed by atoms with van der Waals surface area (Å²) in [7, 11) is 0. The SMILES string of the molecule is CC(C)NC(C)(CO)c1cccc(OC(F)F)c1. The molecular weight excluding hydrogens is 240 g/mol. The van der Waals surface area contributed by atoms with Crippen LogP contribution in [0.3, 0.4) is 0 Å². The molecule has 1 atom stereocenters. The van der Waals surface area contributed by atoms with Crippen LogP contribution in [-0.4, -0.2) is 24.4 Å². The fraction of sp³-hybridized carbons (Fsp3) is 0.538. The minimum Gasteiger partial charge on any atom is -0.435 e. The van der Waals surface area contributed by atoms with Crippen LogP contribution in [0.1, 0.15) is 26.3 Å². The number of aliphatic hydroxyl groups excluding tert-OH is 1. The van der Waals surface area contributed by atoms with Crippen LogP contribution in [0.25, 0.3) is 0 Å². The van der Waals surface area contributed by atoms with Crippen molar-refractivity contribution in [3.05, 3.63) is 29.8 Å². The van der Waals surface area contributed by atoms with Crippen molar-refractivity contribution in [3.8, 4) is 5.75 Å². The number of hydrogen-bond acceptors (Lipinski definition) is 3. The Morgan fingerprint density at radius 3 is 2.56 bits per heavy atom. The molecule has 3 nitrogen and oxygen atoms in total. The van der Waals surface area contributed by atoms with Crippen molar-refractivity contribution < 1.29 is 18.6 Å². The van der Waals surface area contributed by atoms with Gasteiger partial charge in [-0.15, -0.1) is 0 Å². The second-order valence-electron chi connectivity index (χ2n) is 4.70. The molecule has 1 unspecified atom stereocenters. The summed E-state index contributed by atoms with van der Waals surface area (Å²) in [5.74, 6) is 0.0905. The van der Waals surface area contributed by atoms with E-state index in [0.29, 0.717) is 5.56 Å². The molecule has 0 amide bonds. The topological polar surface area (TPSA) is 41.5 Å². The van der Waals surface area contributed by atoms with Crippen LogP contribution >= 0.6 is 0 Å². The molecule has 1 aromatic carbocycles. The van der Waals surface area contributed by atoms with Crippen LogP contribution in [0.2, 0.25) is 0 Å². The zero-order valence-corrected chi connectivity index (χ0v) is 10.8. The third kappa shape index (κ3) is 3.92. The van der Waals surface area contributed by atoms with E-state index in [2.05, 4.69) is 10.1 Å². The lowest BCUT2D eigenvalue weighted by Crippen LogP contribution is -2.46. The second-order valence-corrected chi connectivity index (χ2v) is 4.70. The number of alkyl halides is 2. The number of benzene rings is 1. The van der Waals surface area contributed by atoms with Gasteiger partial charge in [-0.25, -0.2) is 0 Å². The Kier molecular flexibility index (Phi) is 5.04. The number of rotatable bonds is 6. The van der Waals surface area contributed by atoms with Crippen LogP contribution < -0.4 is 10.1 Å². The van der Waals surface area contributed by atoms with Gasteiger partial charge < -0.3 is 15.2 Å².